The number of hydrogen-bond acceptors (Lipinski definition) is 3. The number of carbonyl (C=O) groups excluding carboxylic acids is 1. The van der Waals surface area contributed by atoms with Crippen molar-refractivity contribution in [3.8, 4) is 11.5 Å². The molecule has 1 saturated heterocycles. The minimum atomic E-state index is -3.66. The largest absolute Gasteiger partial charge is 0.586 e. The van der Waals surface area contributed by atoms with Gasteiger partial charge in [-0.1, -0.05) is 36.4 Å². The van der Waals surface area contributed by atoms with Gasteiger partial charge in [0.05, 0.1) is 6.54 Å². The fourth-order valence-electron chi connectivity index (χ4n) is 3.72. The van der Waals surface area contributed by atoms with Crippen molar-refractivity contribution in [1.29, 1.82) is 0 Å². The molecular weight excluding hydrogens is 392 g/mol. The standard InChI is InChI=1S/C22H23F2N3O3/c23-22(24)29-19-9-8-18(15-20(19)30-22)25-21(28)16-27-13-11-26(12-14-27)10-4-7-17-5-2-1-3-6-17/h1-9,15H,10-14,16H2,(H,25,28)/p+2/b7-4+. The average Bonchev–Trinajstić information content (AvgIpc) is 3.03. The summed E-state index contributed by atoms with van der Waals surface area (Å²) in [6, 6.07) is 14.5. The molecule has 2 aromatic carbocycles. The molecule has 0 radical (unpaired) electrons. The van der Waals surface area contributed by atoms with E-state index in [0.29, 0.717) is 12.2 Å². The van der Waals surface area contributed by atoms with Crippen molar-refractivity contribution in [1.82, 2.24) is 0 Å². The van der Waals surface area contributed by atoms with Crippen LogP contribution in [0.3, 0.4) is 0 Å². The molecule has 2 aliphatic rings. The van der Waals surface area contributed by atoms with Gasteiger partial charge in [0.1, 0.15) is 26.2 Å². The van der Waals surface area contributed by atoms with Crippen LogP contribution >= 0.6 is 0 Å². The molecule has 8 heteroatoms. The highest BCUT2D eigenvalue weighted by molar-refractivity contribution is 5.91. The fraction of sp³-hybridized carbons (Fsp3) is 0.318. The summed E-state index contributed by atoms with van der Waals surface area (Å²) < 4.78 is 35.0. The summed E-state index contributed by atoms with van der Waals surface area (Å²) in [6.45, 7) is 5.14. The van der Waals surface area contributed by atoms with E-state index in [1.807, 2.05) is 18.2 Å². The van der Waals surface area contributed by atoms with Crippen LogP contribution in [0.1, 0.15) is 5.56 Å². The van der Waals surface area contributed by atoms with Crippen molar-refractivity contribution in [3.63, 3.8) is 0 Å². The van der Waals surface area contributed by atoms with Crippen molar-refractivity contribution in [2.24, 2.45) is 0 Å². The molecule has 1 amide bonds. The van der Waals surface area contributed by atoms with Gasteiger partial charge in [0.15, 0.2) is 18.0 Å². The molecule has 0 spiro atoms. The lowest BCUT2D eigenvalue weighted by Gasteiger charge is -2.28. The van der Waals surface area contributed by atoms with E-state index in [1.54, 1.807) is 0 Å². The quantitative estimate of drug-likeness (QED) is 0.640. The number of benzene rings is 2. The van der Waals surface area contributed by atoms with E-state index in [-0.39, 0.29) is 17.4 Å². The van der Waals surface area contributed by atoms with Crippen LogP contribution in [-0.2, 0) is 4.79 Å². The molecule has 0 atom stereocenters. The number of halogens is 2. The van der Waals surface area contributed by atoms with Gasteiger partial charge in [-0.05, 0) is 23.8 Å². The summed E-state index contributed by atoms with van der Waals surface area (Å²) in [7, 11) is 0. The van der Waals surface area contributed by atoms with E-state index < -0.39 is 6.29 Å². The molecule has 158 valence electrons. The molecule has 0 unspecified atom stereocenters. The first kappa shape index (κ1) is 20.3. The fourth-order valence-corrected chi connectivity index (χ4v) is 3.72. The average molecular weight is 417 g/mol. The smallest absolute Gasteiger partial charge is 0.395 e. The van der Waals surface area contributed by atoms with E-state index in [4.69, 9.17) is 0 Å². The van der Waals surface area contributed by atoms with Crippen molar-refractivity contribution >= 4 is 17.7 Å². The van der Waals surface area contributed by atoms with Gasteiger partial charge in [-0.3, -0.25) is 4.79 Å². The molecule has 0 aliphatic carbocycles. The first-order chi connectivity index (χ1) is 14.5. The minimum Gasteiger partial charge on any atom is -0.395 e. The van der Waals surface area contributed by atoms with Gasteiger partial charge >= 0.3 is 6.29 Å². The number of anilines is 1. The van der Waals surface area contributed by atoms with Gasteiger partial charge in [-0.15, -0.1) is 8.78 Å². The van der Waals surface area contributed by atoms with Gasteiger partial charge in [-0.25, -0.2) is 0 Å². The highest BCUT2D eigenvalue weighted by Crippen LogP contribution is 2.42. The normalized spacial score (nSPS) is 22.2. The Morgan fingerprint density at radius 3 is 2.47 bits per heavy atom. The second-order valence-corrected chi connectivity index (χ2v) is 7.57. The van der Waals surface area contributed by atoms with Gasteiger partial charge in [-0.2, -0.15) is 0 Å². The van der Waals surface area contributed by atoms with Crippen molar-refractivity contribution < 1.29 is 32.8 Å². The van der Waals surface area contributed by atoms with Crippen LogP contribution in [0, 0.1) is 0 Å². The first-order valence-electron chi connectivity index (χ1n) is 10.1. The SMILES string of the molecule is O=C(C[NH+]1CC[NH+](C/C=C/c2ccccc2)CC1)Nc1ccc2c(c1)OC(F)(F)O2. The number of quaternary nitrogens is 2. The monoisotopic (exact) mass is 417 g/mol. The Bertz CT molecular complexity index is 913. The topological polar surface area (TPSA) is 56.4 Å². The highest BCUT2D eigenvalue weighted by Gasteiger charge is 2.43. The minimum absolute atomic E-state index is 0.0379. The zero-order valence-electron chi connectivity index (χ0n) is 16.5. The third kappa shape index (κ3) is 5.34. The summed E-state index contributed by atoms with van der Waals surface area (Å²) in [5, 5.41) is 2.75. The van der Waals surface area contributed by atoms with Crippen LogP contribution in [-0.4, -0.2) is 51.5 Å². The van der Waals surface area contributed by atoms with Crippen LogP contribution in [0.25, 0.3) is 6.08 Å². The lowest BCUT2D eigenvalue weighted by molar-refractivity contribution is -1.01. The maximum atomic E-state index is 13.1. The third-order valence-electron chi connectivity index (χ3n) is 5.28. The molecule has 6 nitrogen and oxygen atoms in total. The van der Waals surface area contributed by atoms with Crippen LogP contribution in [0.5, 0.6) is 11.5 Å². The predicted octanol–water partition coefficient (Wildman–Crippen LogP) is 0.443. The number of hydrogen-bond donors (Lipinski definition) is 3. The zero-order chi connectivity index (χ0) is 21.0. The van der Waals surface area contributed by atoms with Crippen LogP contribution < -0.4 is 24.6 Å². The summed E-state index contributed by atoms with van der Waals surface area (Å²) >= 11 is 0. The third-order valence-corrected chi connectivity index (χ3v) is 5.28. The highest BCUT2D eigenvalue weighted by atomic mass is 19.3. The second-order valence-electron chi connectivity index (χ2n) is 7.57. The van der Waals surface area contributed by atoms with E-state index in [2.05, 4.69) is 39.1 Å². The molecule has 2 aromatic rings. The molecule has 1 fully saturated rings. The number of amides is 1. The number of rotatable bonds is 6. The Morgan fingerprint density at radius 1 is 1.00 bits per heavy atom. The van der Waals surface area contributed by atoms with E-state index >= 15 is 0 Å². The van der Waals surface area contributed by atoms with E-state index in [9.17, 15) is 13.6 Å². The Hall–Kier alpha value is -2.97. The number of carbonyl (C=O) groups is 1. The molecule has 30 heavy (non-hydrogen) atoms. The molecule has 0 bridgehead atoms. The van der Waals surface area contributed by atoms with Crippen LogP contribution in [0.15, 0.2) is 54.6 Å². The van der Waals surface area contributed by atoms with Gasteiger partial charge in [0, 0.05) is 11.8 Å². The summed E-state index contributed by atoms with van der Waals surface area (Å²) in [4.78, 5) is 15.1. The number of fused-ring (bicyclic) bond motifs is 1. The summed E-state index contributed by atoms with van der Waals surface area (Å²) in [5.74, 6) is -0.266. The molecule has 2 aliphatic heterocycles. The van der Waals surface area contributed by atoms with E-state index in [1.165, 1.54) is 33.6 Å². The van der Waals surface area contributed by atoms with E-state index in [0.717, 1.165) is 32.7 Å². The maximum Gasteiger partial charge on any atom is 0.586 e. The number of piperazine rings is 1. The summed E-state index contributed by atoms with van der Waals surface area (Å²) in [5.41, 5.74) is 1.61. The van der Waals surface area contributed by atoms with Gasteiger partial charge < -0.3 is 24.6 Å². The first-order valence-corrected chi connectivity index (χ1v) is 10.1. The lowest BCUT2D eigenvalue weighted by Crippen LogP contribution is -3.28. The van der Waals surface area contributed by atoms with Gasteiger partial charge in [0.25, 0.3) is 5.91 Å². The zero-order valence-corrected chi connectivity index (χ0v) is 16.5. The molecule has 2 heterocycles. The maximum absolute atomic E-state index is 13.1. The Balaban J connectivity index is 1.20. The van der Waals surface area contributed by atoms with Crippen molar-refractivity contribution in [3.05, 3.63) is 60.2 Å². The van der Waals surface area contributed by atoms with Crippen LogP contribution in [0.2, 0.25) is 0 Å². The number of nitrogens with one attached hydrogen (secondary N) is 3. The molecule has 0 aromatic heterocycles. The van der Waals surface area contributed by atoms with Crippen molar-refractivity contribution in [2.75, 3.05) is 44.6 Å². The van der Waals surface area contributed by atoms with Crippen LogP contribution in [0.4, 0.5) is 14.5 Å². The molecular formula is C22H25F2N3O3+2. The number of alkyl halides is 2. The Kier molecular flexibility index (Phi) is 5.96. The molecule has 4 rings (SSSR count). The molecule has 0 saturated carbocycles. The summed E-state index contributed by atoms with van der Waals surface area (Å²) in [6.07, 6.45) is 0.680. The Labute approximate surface area is 173 Å². The molecule has 3 N–H and O–H groups in total. The van der Waals surface area contributed by atoms with Crippen molar-refractivity contribution in [2.45, 2.75) is 6.29 Å². The van der Waals surface area contributed by atoms with Gasteiger partial charge in [0.2, 0.25) is 0 Å². The lowest BCUT2D eigenvalue weighted by atomic mass is 10.2. The second kappa shape index (κ2) is 8.81. The Morgan fingerprint density at radius 2 is 1.70 bits per heavy atom. The predicted molar refractivity (Wildman–Crippen MR) is 108 cm³/mol. The number of ether oxygens (including phenoxy) is 2.